The van der Waals surface area contributed by atoms with Gasteiger partial charge in [0.2, 0.25) is 5.91 Å². The highest BCUT2D eigenvalue weighted by Gasteiger charge is 2.36. The molecular weight excluding hydrogens is 238 g/mol. The molecule has 1 N–H and O–H groups in total. The van der Waals surface area contributed by atoms with Crippen LogP contribution in [0.2, 0.25) is 0 Å². The summed E-state index contributed by atoms with van der Waals surface area (Å²) in [6.45, 7) is 4.24. The highest BCUT2D eigenvalue weighted by atomic mass is 32.2. The number of amides is 2. The van der Waals surface area contributed by atoms with Crippen molar-refractivity contribution in [3.63, 3.8) is 0 Å². The minimum absolute atomic E-state index is 0.147. The summed E-state index contributed by atoms with van der Waals surface area (Å²) in [6, 6.07) is -0.157. The summed E-state index contributed by atoms with van der Waals surface area (Å²) >= 11 is 1.64. The molecule has 3 atom stereocenters. The standard InChI is InChI=1S/C11H17N3O2S/c1-6-4-7(2)17-11(12-6)13-8-5-9(15)14(3)10(8)16/h6-8H,4-5H2,1-3H3,(H,12,13). The second kappa shape index (κ2) is 4.68. The number of thioether (sulfide) groups is 1. The van der Waals surface area contributed by atoms with Crippen LogP contribution in [-0.4, -0.2) is 46.3 Å². The number of carbonyl (C=O) groups excluding carboxylic acids is 2. The minimum Gasteiger partial charge on any atom is -0.362 e. The zero-order chi connectivity index (χ0) is 12.6. The minimum atomic E-state index is -0.528. The third-order valence-corrected chi connectivity index (χ3v) is 4.04. The molecular formula is C11H17N3O2S. The van der Waals surface area contributed by atoms with Crippen molar-refractivity contribution in [3.05, 3.63) is 0 Å². The maximum absolute atomic E-state index is 11.7. The number of imide groups is 1. The second-order valence-electron chi connectivity index (χ2n) is 4.65. The maximum Gasteiger partial charge on any atom is 0.254 e. The lowest BCUT2D eigenvalue weighted by atomic mass is 10.2. The lowest BCUT2D eigenvalue weighted by molar-refractivity contribution is -0.136. The Morgan fingerprint density at radius 2 is 2.12 bits per heavy atom. The lowest BCUT2D eigenvalue weighted by Gasteiger charge is -2.27. The fourth-order valence-corrected chi connectivity index (χ4v) is 3.31. The van der Waals surface area contributed by atoms with Crippen LogP contribution in [0.15, 0.2) is 4.99 Å². The molecule has 94 valence electrons. The van der Waals surface area contributed by atoms with Gasteiger partial charge in [-0.3, -0.25) is 14.5 Å². The van der Waals surface area contributed by atoms with E-state index < -0.39 is 6.04 Å². The normalized spacial score (nSPS) is 36.5. The molecule has 0 aromatic heterocycles. The van der Waals surface area contributed by atoms with Crippen LogP contribution in [0.1, 0.15) is 26.7 Å². The first-order valence-electron chi connectivity index (χ1n) is 5.78. The molecule has 0 bridgehead atoms. The van der Waals surface area contributed by atoms with Gasteiger partial charge in [0.1, 0.15) is 6.04 Å². The Hall–Kier alpha value is -1.04. The number of amidine groups is 1. The van der Waals surface area contributed by atoms with Crippen LogP contribution in [0.3, 0.4) is 0 Å². The number of hydrogen-bond acceptors (Lipinski definition) is 4. The first-order valence-corrected chi connectivity index (χ1v) is 6.66. The highest BCUT2D eigenvalue weighted by Crippen LogP contribution is 2.24. The smallest absolute Gasteiger partial charge is 0.254 e. The Morgan fingerprint density at radius 1 is 1.41 bits per heavy atom. The van der Waals surface area contributed by atoms with Gasteiger partial charge >= 0.3 is 0 Å². The number of likely N-dealkylation sites (N-methyl/N-ethyl adjacent to an activating group) is 1. The van der Waals surface area contributed by atoms with E-state index in [9.17, 15) is 9.59 Å². The van der Waals surface area contributed by atoms with Crippen LogP contribution in [0.5, 0.6) is 0 Å². The van der Waals surface area contributed by atoms with Gasteiger partial charge in [0.15, 0.2) is 5.17 Å². The van der Waals surface area contributed by atoms with Crippen molar-refractivity contribution < 1.29 is 9.59 Å². The van der Waals surface area contributed by atoms with Crippen LogP contribution in [0.25, 0.3) is 0 Å². The molecule has 2 aliphatic rings. The number of likely N-dealkylation sites (tertiary alicyclic amines) is 1. The first kappa shape index (κ1) is 12.4. The predicted molar refractivity (Wildman–Crippen MR) is 67.9 cm³/mol. The summed E-state index contributed by atoms with van der Waals surface area (Å²) in [7, 11) is 1.51. The van der Waals surface area contributed by atoms with Gasteiger partial charge in [-0.15, -0.1) is 0 Å². The highest BCUT2D eigenvalue weighted by molar-refractivity contribution is 8.14. The van der Waals surface area contributed by atoms with Crippen molar-refractivity contribution in [3.8, 4) is 0 Å². The average molecular weight is 255 g/mol. The van der Waals surface area contributed by atoms with Gasteiger partial charge in [0, 0.05) is 18.3 Å². The molecule has 2 rings (SSSR count). The van der Waals surface area contributed by atoms with E-state index in [1.807, 2.05) is 0 Å². The molecule has 0 aliphatic carbocycles. The van der Waals surface area contributed by atoms with Gasteiger partial charge in [0.05, 0.1) is 6.42 Å². The average Bonchev–Trinajstić information content (AvgIpc) is 2.45. The Labute approximate surface area is 105 Å². The summed E-state index contributed by atoms with van der Waals surface area (Å²) < 4.78 is 0. The maximum atomic E-state index is 11.7. The molecule has 2 amide bonds. The van der Waals surface area contributed by atoms with E-state index in [4.69, 9.17) is 0 Å². The van der Waals surface area contributed by atoms with Crippen molar-refractivity contribution in [2.45, 2.75) is 44.0 Å². The number of carbonyl (C=O) groups is 2. The number of aliphatic imine (C=N–C) groups is 1. The van der Waals surface area contributed by atoms with Crippen molar-refractivity contribution >= 4 is 28.7 Å². The van der Waals surface area contributed by atoms with Gasteiger partial charge in [-0.05, 0) is 13.3 Å². The van der Waals surface area contributed by atoms with E-state index in [0.717, 1.165) is 16.5 Å². The van der Waals surface area contributed by atoms with Gasteiger partial charge in [-0.1, -0.05) is 18.7 Å². The fourth-order valence-electron chi connectivity index (χ4n) is 2.09. The number of nitrogens with one attached hydrogen (secondary N) is 1. The molecule has 6 heteroatoms. The largest absolute Gasteiger partial charge is 0.362 e. The quantitative estimate of drug-likeness (QED) is 0.697. The third kappa shape index (κ3) is 2.62. The molecule has 0 aromatic carbocycles. The van der Waals surface area contributed by atoms with E-state index in [0.29, 0.717) is 11.3 Å². The van der Waals surface area contributed by atoms with E-state index in [1.165, 1.54) is 7.05 Å². The summed E-state index contributed by atoms with van der Waals surface area (Å²) in [4.78, 5) is 28.6. The zero-order valence-electron chi connectivity index (χ0n) is 10.3. The summed E-state index contributed by atoms with van der Waals surface area (Å²) in [5.74, 6) is -0.345. The molecule has 0 radical (unpaired) electrons. The third-order valence-electron chi connectivity index (χ3n) is 3.00. The predicted octanol–water partition coefficient (Wildman–Crippen LogP) is 0.603. The summed E-state index contributed by atoms with van der Waals surface area (Å²) in [6.07, 6.45) is 1.28. The number of rotatable bonds is 1. The number of hydrogen-bond donors (Lipinski definition) is 1. The van der Waals surface area contributed by atoms with Gasteiger partial charge in [0.25, 0.3) is 5.91 Å². The fraction of sp³-hybridized carbons (Fsp3) is 0.727. The van der Waals surface area contributed by atoms with Crippen LogP contribution < -0.4 is 5.32 Å². The van der Waals surface area contributed by atoms with Crippen molar-refractivity contribution in [1.82, 2.24) is 10.2 Å². The first-order chi connectivity index (χ1) is 7.97. The van der Waals surface area contributed by atoms with Gasteiger partial charge in [-0.25, -0.2) is 4.99 Å². The van der Waals surface area contributed by atoms with Crippen LogP contribution >= 0.6 is 11.8 Å². The van der Waals surface area contributed by atoms with E-state index in [-0.39, 0.29) is 18.2 Å². The molecule has 0 saturated carbocycles. The molecule has 2 fully saturated rings. The molecule has 2 heterocycles. The topological polar surface area (TPSA) is 61.8 Å². The Kier molecular flexibility index (Phi) is 3.42. The molecule has 0 spiro atoms. The lowest BCUT2D eigenvalue weighted by Crippen LogP contribution is -2.39. The molecule has 0 aromatic rings. The monoisotopic (exact) mass is 255 g/mol. The van der Waals surface area contributed by atoms with E-state index >= 15 is 0 Å². The molecule has 5 nitrogen and oxygen atoms in total. The van der Waals surface area contributed by atoms with Crippen LogP contribution in [0, 0.1) is 0 Å². The van der Waals surface area contributed by atoms with Crippen molar-refractivity contribution in [2.75, 3.05) is 7.05 Å². The summed E-state index contributed by atoms with van der Waals surface area (Å²) in [5.41, 5.74) is 0. The summed E-state index contributed by atoms with van der Waals surface area (Å²) in [5, 5.41) is 4.54. The Morgan fingerprint density at radius 3 is 2.65 bits per heavy atom. The Balaban J connectivity index is 2.09. The Bertz CT molecular complexity index is 371. The van der Waals surface area contributed by atoms with Crippen molar-refractivity contribution in [2.24, 2.45) is 4.99 Å². The van der Waals surface area contributed by atoms with E-state index in [2.05, 4.69) is 24.2 Å². The number of nitrogens with zero attached hydrogens (tertiary/aromatic N) is 2. The van der Waals surface area contributed by atoms with E-state index in [1.54, 1.807) is 11.8 Å². The molecule has 2 aliphatic heterocycles. The van der Waals surface area contributed by atoms with Crippen LogP contribution in [0.4, 0.5) is 0 Å². The van der Waals surface area contributed by atoms with Gasteiger partial charge < -0.3 is 5.32 Å². The zero-order valence-corrected chi connectivity index (χ0v) is 11.1. The molecule has 17 heavy (non-hydrogen) atoms. The van der Waals surface area contributed by atoms with Crippen LogP contribution in [-0.2, 0) is 9.59 Å². The van der Waals surface area contributed by atoms with Gasteiger partial charge in [-0.2, -0.15) is 0 Å². The molecule has 3 unspecified atom stereocenters. The SMILES string of the molecule is CC1CC(C)SC(=NC2CC(=O)N(C)C2=O)N1. The second-order valence-corrected chi connectivity index (χ2v) is 6.08. The molecule has 2 saturated heterocycles. The van der Waals surface area contributed by atoms with Crippen molar-refractivity contribution in [1.29, 1.82) is 0 Å².